The molecule has 1 aromatic heterocycles. The minimum absolute atomic E-state index is 1.13. The molecule has 0 unspecified atom stereocenters. The summed E-state index contributed by atoms with van der Waals surface area (Å²) in [5.41, 5.74) is 1.25. The van der Waals surface area contributed by atoms with Crippen LogP contribution in [0.5, 0.6) is 0 Å². The van der Waals surface area contributed by atoms with Crippen molar-refractivity contribution < 1.29 is 0 Å². The summed E-state index contributed by atoms with van der Waals surface area (Å²) < 4.78 is 3.67. The highest BCUT2D eigenvalue weighted by atomic mass is 79.9. The third-order valence-corrected chi connectivity index (χ3v) is 6.66. The van der Waals surface area contributed by atoms with E-state index in [9.17, 15) is 0 Å². The average Bonchev–Trinajstić information content (AvgIpc) is 2.67. The zero-order chi connectivity index (χ0) is 13.7. The lowest BCUT2D eigenvalue weighted by molar-refractivity contribution is 1.70. The van der Waals surface area contributed by atoms with Gasteiger partial charge in [0.15, 0.2) is 0 Å². The van der Waals surface area contributed by atoms with Gasteiger partial charge in [0.1, 0.15) is 0 Å². The molecule has 0 amide bonds. The molecule has 1 aliphatic heterocycles. The molecule has 4 heteroatoms. The van der Waals surface area contributed by atoms with Gasteiger partial charge in [-0.1, -0.05) is 42.1 Å². The lowest BCUT2D eigenvalue weighted by atomic mass is 10.2. The smallest absolute Gasteiger partial charge is 0.0641 e. The molecular formula is C16H8Br2S2. The van der Waals surface area contributed by atoms with Crippen LogP contribution in [0.4, 0.5) is 0 Å². The van der Waals surface area contributed by atoms with E-state index >= 15 is 0 Å². The molecule has 0 N–H and O–H groups in total. The third kappa shape index (κ3) is 2.01. The molecule has 0 atom stereocenters. The zero-order valence-electron chi connectivity index (χ0n) is 10.2. The second-order valence-electron chi connectivity index (χ2n) is 4.55. The van der Waals surface area contributed by atoms with Crippen LogP contribution in [-0.2, 0) is 0 Å². The topological polar surface area (TPSA) is 0 Å². The summed E-state index contributed by atoms with van der Waals surface area (Å²) in [5.74, 6) is 0. The Bertz CT molecular complexity index is 952. The van der Waals surface area contributed by atoms with Gasteiger partial charge in [-0.15, -0.1) is 11.3 Å². The molecule has 0 spiro atoms. The van der Waals surface area contributed by atoms with Gasteiger partial charge in [0.2, 0.25) is 0 Å². The summed E-state index contributed by atoms with van der Waals surface area (Å²) in [6, 6.07) is 13.1. The Balaban J connectivity index is 2.31. The molecule has 0 saturated carbocycles. The van der Waals surface area contributed by atoms with Gasteiger partial charge in [0, 0.05) is 15.3 Å². The van der Waals surface area contributed by atoms with E-state index in [2.05, 4.69) is 79.7 Å². The average molecular weight is 424 g/mol. The van der Waals surface area contributed by atoms with Crippen molar-refractivity contribution in [3.8, 4) is 0 Å². The number of hydrogen-bond donors (Lipinski definition) is 0. The van der Waals surface area contributed by atoms with Crippen molar-refractivity contribution in [2.75, 3.05) is 0 Å². The molecule has 0 aliphatic carbocycles. The van der Waals surface area contributed by atoms with E-state index in [1.165, 1.54) is 35.5 Å². The first-order valence-corrected chi connectivity index (χ1v) is 9.36. The van der Waals surface area contributed by atoms with Crippen LogP contribution in [-0.4, -0.2) is 0 Å². The Morgan fingerprint density at radius 1 is 0.950 bits per heavy atom. The van der Waals surface area contributed by atoms with E-state index in [1.54, 1.807) is 23.1 Å². The van der Waals surface area contributed by atoms with E-state index in [1.807, 2.05) is 0 Å². The van der Waals surface area contributed by atoms with Crippen molar-refractivity contribution >= 4 is 85.7 Å². The highest BCUT2D eigenvalue weighted by Crippen LogP contribution is 2.39. The van der Waals surface area contributed by atoms with Crippen LogP contribution in [0.15, 0.2) is 45.6 Å². The van der Waals surface area contributed by atoms with E-state index in [-0.39, 0.29) is 0 Å². The van der Waals surface area contributed by atoms with Gasteiger partial charge in [-0.3, -0.25) is 0 Å². The summed E-state index contributed by atoms with van der Waals surface area (Å²) in [7, 11) is 0. The molecule has 2 heterocycles. The summed E-state index contributed by atoms with van der Waals surface area (Å²) >= 11 is 10.9. The van der Waals surface area contributed by atoms with E-state index in [4.69, 9.17) is 0 Å². The van der Waals surface area contributed by atoms with Gasteiger partial charge in [-0.05, 0) is 65.7 Å². The Morgan fingerprint density at radius 2 is 1.85 bits per heavy atom. The second kappa shape index (κ2) is 5.02. The Kier molecular flexibility index (Phi) is 3.30. The minimum atomic E-state index is 1.13. The van der Waals surface area contributed by atoms with Crippen molar-refractivity contribution in [1.29, 1.82) is 0 Å². The molecule has 0 nitrogen and oxygen atoms in total. The quantitative estimate of drug-likeness (QED) is 0.412. The van der Waals surface area contributed by atoms with Crippen molar-refractivity contribution in [3.05, 3.63) is 56.4 Å². The first-order valence-electron chi connectivity index (χ1n) is 6.08. The van der Waals surface area contributed by atoms with Crippen LogP contribution in [0.1, 0.15) is 5.56 Å². The lowest BCUT2D eigenvalue weighted by Gasteiger charge is -2.07. The van der Waals surface area contributed by atoms with Crippen molar-refractivity contribution in [2.24, 2.45) is 0 Å². The molecule has 4 rings (SSSR count). The third-order valence-electron chi connectivity index (χ3n) is 3.39. The van der Waals surface area contributed by atoms with Gasteiger partial charge >= 0.3 is 0 Å². The van der Waals surface area contributed by atoms with Gasteiger partial charge in [0.25, 0.3) is 0 Å². The Labute approximate surface area is 141 Å². The van der Waals surface area contributed by atoms with Crippen LogP contribution < -0.4 is 5.22 Å². The molecule has 98 valence electrons. The number of halogens is 2. The molecule has 1 aliphatic rings. The second-order valence-corrected chi connectivity index (χ2v) is 9.21. The predicted octanol–water partition coefficient (Wildman–Crippen LogP) is 6.24. The van der Waals surface area contributed by atoms with Crippen molar-refractivity contribution in [2.45, 2.75) is 0 Å². The largest absolute Gasteiger partial charge is 0.143 e. The molecular weight excluding hydrogens is 416 g/mol. The minimum Gasteiger partial charge on any atom is -0.143 e. The van der Waals surface area contributed by atoms with Crippen LogP contribution in [0.3, 0.4) is 0 Å². The molecule has 3 aromatic rings. The normalized spacial score (nSPS) is 14.5. The summed E-state index contributed by atoms with van der Waals surface area (Å²) in [6.45, 7) is 0. The van der Waals surface area contributed by atoms with E-state index in [0.29, 0.717) is 0 Å². The van der Waals surface area contributed by atoms with Crippen LogP contribution in [0, 0.1) is 0 Å². The Morgan fingerprint density at radius 3 is 2.75 bits per heavy atom. The number of rotatable bonds is 0. The zero-order valence-corrected chi connectivity index (χ0v) is 15.0. The van der Waals surface area contributed by atoms with Crippen molar-refractivity contribution in [1.82, 2.24) is 0 Å². The molecule has 20 heavy (non-hydrogen) atoms. The maximum Gasteiger partial charge on any atom is 0.0641 e. The fraction of sp³-hybridized carbons (Fsp3) is 0. The number of thioether (sulfide) groups is 1. The fourth-order valence-electron chi connectivity index (χ4n) is 2.57. The highest BCUT2D eigenvalue weighted by Gasteiger charge is 2.13. The molecule has 2 aromatic carbocycles. The molecule has 0 fully saturated rings. The van der Waals surface area contributed by atoms with Crippen molar-refractivity contribution in [3.63, 3.8) is 0 Å². The summed E-state index contributed by atoms with van der Waals surface area (Å²) in [4.78, 5) is 0. The molecule has 0 saturated heterocycles. The predicted molar refractivity (Wildman–Crippen MR) is 100 cm³/mol. The van der Waals surface area contributed by atoms with E-state index in [0.717, 1.165) is 3.81 Å². The van der Waals surface area contributed by atoms with Gasteiger partial charge < -0.3 is 0 Å². The lowest BCUT2D eigenvalue weighted by Crippen LogP contribution is -2.07. The number of fused-ring (bicyclic) bond motifs is 5. The first-order chi connectivity index (χ1) is 9.74. The van der Waals surface area contributed by atoms with Gasteiger partial charge in [-0.2, -0.15) is 0 Å². The fourth-order valence-corrected chi connectivity index (χ4v) is 6.47. The first kappa shape index (κ1) is 13.1. The standard InChI is InChI=1S/C16H8Br2S2/c17-13-8-9-3-1-5-11-12(14(9)16(18)20-13)7-10-4-2-6-19-15(10)11/h1-8H. The monoisotopic (exact) mass is 422 g/mol. The van der Waals surface area contributed by atoms with Crippen LogP contribution in [0.2, 0.25) is 0 Å². The molecule has 0 bridgehead atoms. The maximum atomic E-state index is 3.74. The van der Waals surface area contributed by atoms with Gasteiger partial charge in [0.05, 0.1) is 7.63 Å². The maximum absolute atomic E-state index is 3.74. The summed E-state index contributed by atoms with van der Waals surface area (Å²) in [6.07, 6.45) is 2.19. The van der Waals surface area contributed by atoms with Gasteiger partial charge in [-0.25, -0.2) is 0 Å². The summed E-state index contributed by atoms with van der Waals surface area (Å²) in [5, 5.41) is 7.40. The number of hydrogen-bond acceptors (Lipinski definition) is 2. The SMILES string of the molecule is BrC1=Cc2cccc3c(cc4cccsc43)c2=C(Br)S1. The molecule has 0 radical (unpaired) electrons. The van der Waals surface area contributed by atoms with Crippen LogP contribution >= 0.6 is 55.0 Å². The van der Waals surface area contributed by atoms with E-state index < -0.39 is 0 Å². The van der Waals surface area contributed by atoms with Crippen LogP contribution in [0.25, 0.3) is 30.7 Å². The highest BCUT2D eigenvalue weighted by molar-refractivity contribution is 9.19. The Hall–Kier alpha value is -0.550.